The summed E-state index contributed by atoms with van der Waals surface area (Å²) in [5, 5.41) is 3.09. The zero-order valence-electron chi connectivity index (χ0n) is 38.7. The highest BCUT2D eigenvalue weighted by Crippen LogP contribution is 2.45. The Bertz CT molecular complexity index is 3520. The van der Waals surface area contributed by atoms with E-state index in [1.54, 1.807) is 18.2 Å². The molecule has 49 heavy (non-hydrogen) atoms. The molecule has 9 aromatic carbocycles. The fourth-order valence-corrected chi connectivity index (χ4v) is 7.05. The van der Waals surface area contributed by atoms with E-state index < -0.39 is 84.1 Å². The van der Waals surface area contributed by atoms with Crippen molar-refractivity contribution in [1.82, 2.24) is 0 Å². The standard InChI is InChI=1S/C48H30O/c1-2-14-32(15-3-1)45-39-19-6-8-21-41(39)46(42-22-9-7-20-40(42)45)36-18-10-17-34(30-36)37-23-12-26-44-47(37)43-25-11-24-38(48(43)49-44)35-28-27-31-13-4-5-16-33(31)29-35/h1-30H/i1D,2D,3D,6D,7D,8D,9D,14D,15D,19D,20D,21D,22D. The van der Waals surface area contributed by atoms with Gasteiger partial charge in [-0.05, 0) is 89.5 Å². The van der Waals surface area contributed by atoms with E-state index >= 15 is 0 Å². The van der Waals surface area contributed by atoms with E-state index in [4.69, 9.17) is 16.8 Å². The third kappa shape index (κ3) is 4.40. The predicted octanol–water partition coefficient (Wildman–Crippen LogP) is 13.7. The minimum Gasteiger partial charge on any atom is -0.455 e. The van der Waals surface area contributed by atoms with Crippen molar-refractivity contribution >= 4 is 54.3 Å². The Labute approximate surface area is 302 Å². The van der Waals surface area contributed by atoms with Crippen LogP contribution in [0.15, 0.2) is 186 Å². The zero-order chi connectivity index (χ0) is 43.6. The summed E-state index contributed by atoms with van der Waals surface area (Å²) in [6.07, 6.45) is 0. The van der Waals surface area contributed by atoms with Crippen LogP contribution in [0.3, 0.4) is 0 Å². The predicted molar refractivity (Wildman–Crippen MR) is 208 cm³/mol. The maximum Gasteiger partial charge on any atom is 0.143 e. The van der Waals surface area contributed by atoms with Crippen LogP contribution in [-0.4, -0.2) is 0 Å². The number of hydrogen-bond acceptors (Lipinski definition) is 1. The summed E-state index contributed by atoms with van der Waals surface area (Å²) >= 11 is 0. The normalized spacial score (nSPS) is 15.4. The monoisotopic (exact) mass is 635 g/mol. The van der Waals surface area contributed by atoms with Crippen molar-refractivity contribution < 1.29 is 22.2 Å². The van der Waals surface area contributed by atoms with Crippen molar-refractivity contribution in [3.8, 4) is 44.5 Å². The smallest absolute Gasteiger partial charge is 0.143 e. The molecule has 0 N–H and O–H groups in total. The minimum atomic E-state index is -0.717. The molecule has 0 bridgehead atoms. The molecular weight excluding hydrogens is 593 g/mol. The highest BCUT2D eigenvalue weighted by atomic mass is 16.3. The molecule has 0 aliphatic carbocycles. The number of hydrogen-bond donors (Lipinski definition) is 0. The first-order chi connectivity index (χ1) is 29.7. The first-order valence-corrected chi connectivity index (χ1v) is 15.8. The molecule has 0 atom stereocenters. The Morgan fingerprint density at radius 2 is 0.980 bits per heavy atom. The molecule has 0 unspecified atom stereocenters. The van der Waals surface area contributed by atoms with E-state index in [0.29, 0.717) is 22.3 Å². The second-order valence-corrected chi connectivity index (χ2v) is 11.9. The molecule has 10 aromatic rings. The van der Waals surface area contributed by atoms with Crippen LogP contribution in [0, 0.1) is 0 Å². The topological polar surface area (TPSA) is 13.1 Å². The molecule has 0 aliphatic rings. The molecule has 0 amide bonds. The third-order valence-corrected chi connectivity index (χ3v) is 9.17. The Morgan fingerprint density at radius 1 is 0.388 bits per heavy atom. The molecule has 0 aliphatic heterocycles. The first kappa shape index (κ1) is 17.6. The third-order valence-electron chi connectivity index (χ3n) is 9.17. The van der Waals surface area contributed by atoms with Crippen LogP contribution in [0.2, 0.25) is 0 Å². The van der Waals surface area contributed by atoms with E-state index in [1.807, 2.05) is 54.6 Å². The van der Waals surface area contributed by atoms with Gasteiger partial charge in [0.1, 0.15) is 11.2 Å². The maximum atomic E-state index is 9.33. The van der Waals surface area contributed by atoms with Crippen molar-refractivity contribution in [2.75, 3.05) is 0 Å². The van der Waals surface area contributed by atoms with Crippen LogP contribution in [0.5, 0.6) is 0 Å². The van der Waals surface area contributed by atoms with Gasteiger partial charge in [-0.25, -0.2) is 0 Å². The average molecular weight is 636 g/mol. The molecule has 0 spiro atoms. The van der Waals surface area contributed by atoms with Crippen LogP contribution >= 0.6 is 0 Å². The van der Waals surface area contributed by atoms with E-state index in [2.05, 4.69) is 30.3 Å². The molecule has 0 saturated heterocycles. The van der Waals surface area contributed by atoms with Gasteiger partial charge in [-0.15, -0.1) is 0 Å². The van der Waals surface area contributed by atoms with E-state index in [1.165, 1.54) is 0 Å². The first-order valence-electron chi connectivity index (χ1n) is 22.3. The summed E-state index contributed by atoms with van der Waals surface area (Å²) in [6, 6.07) is 24.8. The van der Waals surface area contributed by atoms with Crippen LogP contribution in [0.1, 0.15) is 17.8 Å². The van der Waals surface area contributed by atoms with Crippen molar-refractivity contribution in [2.45, 2.75) is 0 Å². The van der Waals surface area contributed by atoms with Gasteiger partial charge >= 0.3 is 0 Å². The molecular formula is C48H30O. The molecule has 1 nitrogen and oxygen atoms in total. The largest absolute Gasteiger partial charge is 0.455 e. The fraction of sp³-hybridized carbons (Fsp3) is 0. The molecule has 228 valence electrons. The van der Waals surface area contributed by atoms with Crippen LogP contribution in [-0.2, 0) is 0 Å². The lowest BCUT2D eigenvalue weighted by atomic mass is 9.85. The summed E-state index contributed by atoms with van der Waals surface area (Å²) in [4.78, 5) is 0. The lowest BCUT2D eigenvalue weighted by Crippen LogP contribution is -1.91. The highest BCUT2D eigenvalue weighted by Gasteiger charge is 2.19. The summed E-state index contributed by atoms with van der Waals surface area (Å²) in [7, 11) is 0. The summed E-state index contributed by atoms with van der Waals surface area (Å²) in [5.74, 6) is 0. The van der Waals surface area contributed by atoms with Gasteiger partial charge in [0.05, 0.1) is 17.8 Å². The second kappa shape index (κ2) is 11.1. The lowest BCUT2D eigenvalue weighted by Gasteiger charge is -2.18. The zero-order valence-corrected chi connectivity index (χ0v) is 25.7. The van der Waals surface area contributed by atoms with Crippen molar-refractivity contribution in [1.29, 1.82) is 0 Å². The highest BCUT2D eigenvalue weighted by molar-refractivity contribution is 6.22. The molecule has 0 saturated carbocycles. The van der Waals surface area contributed by atoms with Gasteiger partial charge in [0, 0.05) is 16.3 Å². The van der Waals surface area contributed by atoms with Gasteiger partial charge < -0.3 is 4.42 Å². The Balaban J connectivity index is 1.31. The average Bonchev–Trinajstić information content (AvgIpc) is 3.68. The van der Waals surface area contributed by atoms with Crippen LogP contribution in [0.4, 0.5) is 0 Å². The molecule has 10 rings (SSSR count). The Hall–Kier alpha value is -6.44. The minimum absolute atomic E-state index is 0.0646. The van der Waals surface area contributed by atoms with E-state index in [0.717, 1.165) is 38.2 Å². The number of furan rings is 1. The Kier molecular flexibility index (Phi) is 3.99. The van der Waals surface area contributed by atoms with Crippen molar-refractivity contribution in [2.24, 2.45) is 0 Å². The summed E-state index contributed by atoms with van der Waals surface area (Å²) < 4.78 is 122. The van der Waals surface area contributed by atoms with E-state index in [9.17, 15) is 5.48 Å². The SMILES string of the molecule is [2H]c1c([2H])c([2H])c(-c2c3c([2H])c([2H])c([2H])c([2H])c3c(-c3cccc(-c4cccc5oc6c(-c7ccc8ccccc8c7)cccc6c45)c3)c3c([2H])c([2H])c([2H])c([2H])c23)c([2H])c1[2H]. The molecule has 0 fully saturated rings. The number of benzene rings is 9. The number of rotatable bonds is 4. The number of para-hydroxylation sites is 1. The molecule has 1 aromatic heterocycles. The van der Waals surface area contributed by atoms with Crippen LogP contribution < -0.4 is 0 Å². The van der Waals surface area contributed by atoms with Gasteiger partial charge in [0.25, 0.3) is 0 Å². The molecule has 1 heterocycles. The Morgan fingerprint density at radius 3 is 1.73 bits per heavy atom. The van der Waals surface area contributed by atoms with Gasteiger partial charge in [0.2, 0.25) is 0 Å². The van der Waals surface area contributed by atoms with E-state index in [-0.39, 0.29) is 32.7 Å². The van der Waals surface area contributed by atoms with Crippen molar-refractivity contribution in [3.05, 3.63) is 182 Å². The fourth-order valence-electron chi connectivity index (χ4n) is 7.05. The van der Waals surface area contributed by atoms with Gasteiger partial charge in [-0.1, -0.05) is 163 Å². The van der Waals surface area contributed by atoms with Crippen molar-refractivity contribution in [3.63, 3.8) is 0 Å². The second-order valence-electron chi connectivity index (χ2n) is 11.9. The van der Waals surface area contributed by atoms with Crippen LogP contribution in [0.25, 0.3) is 98.8 Å². The quantitative estimate of drug-likeness (QED) is 0.175. The lowest BCUT2D eigenvalue weighted by molar-refractivity contribution is 0.670. The molecule has 1 heteroatoms. The summed E-state index contributed by atoms with van der Waals surface area (Å²) in [5.41, 5.74) is 4.28. The number of fused-ring (bicyclic) bond motifs is 6. The van der Waals surface area contributed by atoms with Gasteiger partial charge in [-0.2, -0.15) is 0 Å². The summed E-state index contributed by atoms with van der Waals surface area (Å²) in [6.45, 7) is 0. The van der Waals surface area contributed by atoms with Gasteiger partial charge in [0.15, 0.2) is 0 Å². The maximum absolute atomic E-state index is 9.33. The van der Waals surface area contributed by atoms with Gasteiger partial charge in [-0.3, -0.25) is 0 Å². The molecule has 0 radical (unpaired) electrons.